The van der Waals surface area contributed by atoms with Crippen molar-refractivity contribution in [2.24, 2.45) is 5.92 Å². The largest absolute Gasteiger partial charge is 0.234 e. The quantitative estimate of drug-likeness (QED) is 0.400. The average molecular weight is 196 g/mol. The molecule has 0 fully saturated rings. The Morgan fingerprint density at radius 2 is 1.86 bits per heavy atom. The second-order valence-electron chi connectivity index (χ2n) is 4.02. The molecule has 0 amide bonds. The molecule has 0 aromatic carbocycles. The van der Waals surface area contributed by atoms with Gasteiger partial charge < -0.3 is 0 Å². The summed E-state index contributed by atoms with van der Waals surface area (Å²) < 4.78 is 0. The summed E-state index contributed by atoms with van der Waals surface area (Å²) in [4.78, 5) is 9.92. The number of unbranched alkanes of at least 4 members (excludes halogenated alkanes) is 3. The average Bonchev–Trinajstić information content (AvgIpc) is 2.22. The molecule has 0 heterocycles. The van der Waals surface area contributed by atoms with Gasteiger partial charge in [0, 0.05) is 0 Å². The van der Waals surface area contributed by atoms with E-state index in [9.17, 15) is 4.79 Å². The van der Waals surface area contributed by atoms with Gasteiger partial charge in [0.1, 0.15) is 5.94 Å². The van der Waals surface area contributed by atoms with Gasteiger partial charge in [0.2, 0.25) is 0 Å². The molecule has 0 saturated carbocycles. The molecular weight excluding hydrogens is 172 g/mol. The van der Waals surface area contributed by atoms with Gasteiger partial charge in [-0.25, -0.2) is 4.79 Å². The van der Waals surface area contributed by atoms with Crippen LogP contribution in [0.4, 0.5) is 0 Å². The summed E-state index contributed by atoms with van der Waals surface area (Å²) >= 11 is 0. The molecule has 0 aliphatic carbocycles. The van der Waals surface area contributed by atoms with E-state index in [1.807, 2.05) is 5.94 Å². The highest BCUT2D eigenvalue weighted by atomic mass is 16.1. The Morgan fingerprint density at radius 1 is 1.14 bits per heavy atom. The highest BCUT2D eigenvalue weighted by molar-refractivity contribution is 5.44. The molecule has 0 saturated heterocycles. The summed E-state index contributed by atoms with van der Waals surface area (Å²) in [6, 6.07) is 0. The molecule has 0 N–H and O–H groups in total. The van der Waals surface area contributed by atoms with Crippen molar-refractivity contribution in [2.45, 2.75) is 65.2 Å². The lowest BCUT2D eigenvalue weighted by molar-refractivity contribution is 0.405. The van der Waals surface area contributed by atoms with E-state index in [1.54, 1.807) is 6.08 Å². The van der Waals surface area contributed by atoms with Crippen LogP contribution in [0, 0.1) is 5.92 Å². The molecule has 0 aromatic heterocycles. The molecule has 0 spiro atoms. The Hall–Kier alpha value is -0.550. The van der Waals surface area contributed by atoms with Crippen LogP contribution in [-0.2, 0) is 4.79 Å². The van der Waals surface area contributed by atoms with E-state index < -0.39 is 0 Å². The summed E-state index contributed by atoms with van der Waals surface area (Å²) in [5.74, 6) is 2.74. The van der Waals surface area contributed by atoms with Gasteiger partial charge in [-0.3, -0.25) is 0 Å². The van der Waals surface area contributed by atoms with Crippen LogP contribution in [0.25, 0.3) is 0 Å². The molecule has 0 radical (unpaired) electrons. The predicted molar refractivity (Wildman–Crippen MR) is 62.0 cm³/mol. The molecule has 1 heteroatoms. The fourth-order valence-electron chi connectivity index (χ4n) is 1.78. The first-order valence-corrected chi connectivity index (χ1v) is 6.04. The lowest BCUT2D eigenvalue weighted by Crippen LogP contribution is -1.98. The van der Waals surface area contributed by atoms with Crippen molar-refractivity contribution in [3.05, 3.63) is 6.08 Å². The highest BCUT2D eigenvalue weighted by Gasteiger charge is 2.04. The third-order valence-corrected chi connectivity index (χ3v) is 2.84. The van der Waals surface area contributed by atoms with Crippen molar-refractivity contribution in [3.63, 3.8) is 0 Å². The minimum Gasteiger partial charge on any atom is -0.234 e. The second kappa shape index (κ2) is 10.5. The van der Waals surface area contributed by atoms with Crippen LogP contribution < -0.4 is 0 Å². The summed E-state index contributed by atoms with van der Waals surface area (Å²) in [6.45, 7) is 4.53. The van der Waals surface area contributed by atoms with Gasteiger partial charge in [-0.05, 0) is 24.8 Å². The van der Waals surface area contributed by atoms with E-state index >= 15 is 0 Å². The Balaban J connectivity index is 3.37. The summed E-state index contributed by atoms with van der Waals surface area (Å²) in [6.07, 6.45) is 11.6. The van der Waals surface area contributed by atoms with Gasteiger partial charge in [-0.2, -0.15) is 0 Å². The summed E-state index contributed by atoms with van der Waals surface area (Å²) in [7, 11) is 0. The second-order valence-corrected chi connectivity index (χ2v) is 4.02. The lowest BCUT2D eigenvalue weighted by atomic mass is 9.93. The maximum absolute atomic E-state index is 9.92. The lowest BCUT2D eigenvalue weighted by Gasteiger charge is -2.13. The molecule has 0 rings (SSSR count). The SMILES string of the molecule is CCCCC(CC)CCCCC=C=O. The van der Waals surface area contributed by atoms with E-state index in [1.165, 1.54) is 38.5 Å². The number of carbonyl (C=O) groups excluding carboxylic acids is 1. The van der Waals surface area contributed by atoms with Crippen molar-refractivity contribution >= 4 is 5.94 Å². The Morgan fingerprint density at radius 3 is 2.43 bits per heavy atom. The maximum Gasteiger partial charge on any atom is 0.120 e. The van der Waals surface area contributed by atoms with Crippen LogP contribution >= 0.6 is 0 Å². The zero-order valence-electron chi connectivity index (χ0n) is 9.72. The first-order valence-electron chi connectivity index (χ1n) is 6.04. The van der Waals surface area contributed by atoms with Crippen LogP contribution in [0.1, 0.15) is 65.2 Å². The van der Waals surface area contributed by atoms with E-state index in [-0.39, 0.29) is 0 Å². The fraction of sp³-hybridized carbons (Fsp3) is 0.846. The standard InChI is InChI=1S/C13H24O/c1-3-5-10-13(4-2)11-8-6-7-9-12-14/h9,13H,3-8,10-11H2,1-2H3. The van der Waals surface area contributed by atoms with Gasteiger partial charge in [-0.15, -0.1) is 0 Å². The summed E-state index contributed by atoms with van der Waals surface area (Å²) in [5, 5.41) is 0. The van der Waals surface area contributed by atoms with Crippen molar-refractivity contribution in [1.82, 2.24) is 0 Å². The first-order chi connectivity index (χ1) is 6.85. The van der Waals surface area contributed by atoms with E-state index in [0.29, 0.717) is 0 Å². The molecule has 0 aliphatic heterocycles. The molecule has 0 aliphatic rings. The normalized spacial score (nSPS) is 12.1. The van der Waals surface area contributed by atoms with Gasteiger partial charge in [0.25, 0.3) is 0 Å². The summed E-state index contributed by atoms with van der Waals surface area (Å²) in [5.41, 5.74) is 0. The minimum absolute atomic E-state index is 0.910. The van der Waals surface area contributed by atoms with E-state index in [4.69, 9.17) is 0 Å². The molecule has 0 aromatic rings. The van der Waals surface area contributed by atoms with Crippen LogP contribution in [0.15, 0.2) is 6.08 Å². The number of hydrogen-bond acceptors (Lipinski definition) is 1. The Kier molecular flexibility index (Phi) is 10.1. The maximum atomic E-state index is 9.92. The van der Waals surface area contributed by atoms with E-state index in [0.717, 1.165) is 18.8 Å². The molecule has 0 bridgehead atoms. The monoisotopic (exact) mass is 196 g/mol. The molecular formula is C13H24O. The van der Waals surface area contributed by atoms with Crippen LogP contribution in [-0.4, -0.2) is 5.94 Å². The topological polar surface area (TPSA) is 17.1 Å². The predicted octanol–water partition coefficient (Wildman–Crippen LogP) is 4.15. The van der Waals surface area contributed by atoms with Gasteiger partial charge in [0.05, 0.1) is 0 Å². The van der Waals surface area contributed by atoms with Crippen molar-refractivity contribution < 1.29 is 4.79 Å². The third kappa shape index (κ3) is 8.07. The van der Waals surface area contributed by atoms with Gasteiger partial charge in [0.15, 0.2) is 0 Å². The smallest absolute Gasteiger partial charge is 0.120 e. The molecule has 14 heavy (non-hydrogen) atoms. The van der Waals surface area contributed by atoms with Crippen molar-refractivity contribution in [3.8, 4) is 0 Å². The fourth-order valence-corrected chi connectivity index (χ4v) is 1.78. The number of allylic oxidation sites excluding steroid dienone is 1. The minimum atomic E-state index is 0.910. The molecule has 82 valence electrons. The zero-order chi connectivity index (χ0) is 10.6. The first kappa shape index (κ1) is 13.4. The van der Waals surface area contributed by atoms with Crippen LogP contribution in [0.3, 0.4) is 0 Å². The highest BCUT2D eigenvalue weighted by Crippen LogP contribution is 2.19. The number of rotatable bonds is 9. The Labute approximate surface area is 88.6 Å². The van der Waals surface area contributed by atoms with Gasteiger partial charge >= 0.3 is 0 Å². The Bertz CT molecular complexity index is 157. The van der Waals surface area contributed by atoms with Crippen molar-refractivity contribution in [1.29, 1.82) is 0 Å². The molecule has 1 atom stereocenters. The molecule has 1 unspecified atom stereocenters. The van der Waals surface area contributed by atoms with Crippen LogP contribution in [0.5, 0.6) is 0 Å². The van der Waals surface area contributed by atoms with Gasteiger partial charge in [-0.1, -0.05) is 52.4 Å². The third-order valence-electron chi connectivity index (χ3n) is 2.84. The zero-order valence-corrected chi connectivity index (χ0v) is 9.72. The number of hydrogen-bond donors (Lipinski definition) is 0. The van der Waals surface area contributed by atoms with Crippen molar-refractivity contribution in [2.75, 3.05) is 0 Å². The van der Waals surface area contributed by atoms with Crippen LogP contribution in [0.2, 0.25) is 0 Å². The van der Waals surface area contributed by atoms with E-state index in [2.05, 4.69) is 13.8 Å². The molecule has 1 nitrogen and oxygen atoms in total.